The summed E-state index contributed by atoms with van der Waals surface area (Å²) in [6.07, 6.45) is 1.70. The number of thiophene rings is 1. The van der Waals surface area contributed by atoms with Gasteiger partial charge in [0.05, 0.1) is 6.10 Å². The van der Waals surface area contributed by atoms with Crippen LogP contribution in [0, 0.1) is 0 Å². The van der Waals surface area contributed by atoms with Gasteiger partial charge in [0.1, 0.15) is 0 Å². The van der Waals surface area contributed by atoms with E-state index in [0.717, 1.165) is 19.4 Å². The van der Waals surface area contributed by atoms with E-state index in [2.05, 4.69) is 29.8 Å². The molecule has 2 atom stereocenters. The standard InChI is InChI=1S/C11H19NOS/c1-9(8-10(2)13)12-6-5-11-4-3-7-14-11/h3-4,7,9-10,12-13H,5-6,8H2,1-2H3. The molecule has 0 saturated carbocycles. The van der Waals surface area contributed by atoms with Crippen molar-refractivity contribution < 1.29 is 5.11 Å². The quantitative estimate of drug-likeness (QED) is 0.758. The molecule has 1 rings (SSSR count). The Morgan fingerprint density at radius 3 is 2.86 bits per heavy atom. The molecule has 0 bridgehead atoms. The fourth-order valence-electron chi connectivity index (χ4n) is 1.49. The van der Waals surface area contributed by atoms with Crippen LogP contribution < -0.4 is 5.32 Å². The van der Waals surface area contributed by atoms with E-state index in [9.17, 15) is 0 Å². The van der Waals surface area contributed by atoms with Crippen LogP contribution >= 0.6 is 11.3 Å². The highest BCUT2D eigenvalue weighted by Crippen LogP contribution is 2.08. The Hall–Kier alpha value is -0.380. The molecule has 2 N–H and O–H groups in total. The van der Waals surface area contributed by atoms with Crippen molar-refractivity contribution in [1.82, 2.24) is 5.32 Å². The average molecular weight is 213 g/mol. The van der Waals surface area contributed by atoms with Crippen LogP contribution in [0.3, 0.4) is 0 Å². The van der Waals surface area contributed by atoms with E-state index in [4.69, 9.17) is 5.11 Å². The summed E-state index contributed by atoms with van der Waals surface area (Å²) < 4.78 is 0. The van der Waals surface area contributed by atoms with Crippen molar-refractivity contribution in [3.8, 4) is 0 Å². The molecule has 0 saturated heterocycles. The van der Waals surface area contributed by atoms with Crippen LogP contribution in [0.15, 0.2) is 17.5 Å². The molecule has 0 aliphatic heterocycles. The molecule has 0 amide bonds. The summed E-state index contributed by atoms with van der Waals surface area (Å²) in [5.41, 5.74) is 0. The Bertz CT molecular complexity index is 233. The van der Waals surface area contributed by atoms with Gasteiger partial charge in [-0.15, -0.1) is 11.3 Å². The lowest BCUT2D eigenvalue weighted by molar-refractivity contribution is 0.171. The van der Waals surface area contributed by atoms with E-state index in [0.29, 0.717) is 6.04 Å². The average Bonchev–Trinajstić information content (AvgIpc) is 2.55. The van der Waals surface area contributed by atoms with Gasteiger partial charge in [0.25, 0.3) is 0 Å². The van der Waals surface area contributed by atoms with Gasteiger partial charge in [-0.1, -0.05) is 6.07 Å². The first-order valence-corrected chi connectivity index (χ1v) is 6.00. The van der Waals surface area contributed by atoms with Gasteiger partial charge in [-0.2, -0.15) is 0 Å². The summed E-state index contributed by atoms with van der Waals surface area (Å²) in [5, 5.41) is 14.7. The lowest BCUT2D eigenvalue weighted by Gasteiger charge is -2.14. The highest BCUT2D eigenvalue weighted by molar-refractivity contribution is 7.09. The van der Waals surface area contributed by atoms with Gasteiger partial charge in [0, 0.05) is 17.5 Å². The molecule has 1 heterocycles. The summed E-state index contributed by atoms with van der Waals surface area (Å²) in [6, 6.07) is 4.64. The maximum Gasteiger partial charge on any atom is 0.0526 e. The van der Waals surface area contributed by atoms with E-state index < -0.39 is 0 Å². The van der Waals surface area contributed by atoms with Crippen LogP contribution in [0.25, 0.3) is 0 Å². The summed E-state index contributed by atoms with van der Waals surface area (Å²) >= 11 is 1.80. The van der Waals surface area contributed by atoms with Crippen LogP contribution in [0.1, 0.15) is 25.1 Å². The number of hydrogen-bond acceptors (Lipinski definition) is 3. The fourth-order valence-corrected chi connectivity index (χ4v) is 2.20. The monoisotopic (exact) mass is 213 g/mol. The van der Waals surface area contributed by atoms with Gasteiger partial charge in [-0.3, -0.25) is 0 Å². The maximum atomic E-state index is 9.17. The molecule has 0 aromatic carbocycles. The van der Waals surface area contributed by atoms with Gasteiger partial charge < -0.3 is 10.4 Å². The molecule has 0 aliphatic rings. The van der Waals surface area contributed by atoms with Gasteiger partial charge in [-0.05, 0) is 38.1 Å². The zero-order chi connectivity index (χ0) is 10.4. The Morgan fingerprint density at radius 1 is 1.50 bits per heavy atom. The minimum absolute atomic E-state index is 0.209. The molecule has 3 heteroatoms. The van der Waals surface area contributed by atoms with Crippen molar-refractivity contribution in [1.29, 1.82) is 0 Å². The first-order chi connectivity index (χ1) is 6.68. The van der Waals surface area contributed by atoms with E-state index >= 15 is 0 Å². The SMILES string of the molecule is CC(O)CC(C)NCCc1cccs1. The van der Waals surface area contributed by atoms with Crippen LogP contribution in [-0.4, -0.2) is 23.8 Å². The molecule has 0 fully saturated rings. The summed E-state index contributed by atoms with van der Waals surface area (Å²) in [4.78, 5) is 1.42. The first-order valence-electron chi connectivity index (χ1n) is 5.12. The number of hydrogen-bond donors (Lipinski definition) is 2. The van der Waals surface area contributed by atoms with Crippen molar-refractivity contribution in [2.24, 2.45) is 0 Å². The highest BCUT2D eigenvalue weighted by Gasteiger charge is 2.04. The molecule has 0 radical (unpaired) electrons. The smallest absolute Gasteiger partial charge is 0.0526 e. The first kappa shape index (κ1) is 11.7. The molecule has 0 aliphatic carbocycles. The molecule has 80 valence electrons. The number of aliphatic hydroxyl groups is 1. The highest BCUT2D eigenvalue weighted by atomic mass is 32.1. The van der Waals surface area contributed by atoms with Crippen LogP contribution in [0.2, 0.25) is 0 Å². The van der Waals surface area contributed by atoms with Crippen molar-refractivity contribution in [2.75, 3.05) is 6.54 Å². The van der Waals surface area contributed by atoms with Crippen LogP contribution in [0.5, 0.6) is 0 Å². The molecule has 1 aromatic rings. The minimum atomic E-state index is -0.209. The minimum Gasteiger partial charge on any atom is -0.393 e. The zero-order valence-electron chi connectivity index (χ0n) is 8.86. The molecular formula is C11H19NOS. The molecule has 14 heavy (non-hydrogen) atoms. The number of rotatable bonds is 6. The number of nitrogens with one attached hydrogen (secondary N) is 1. The van der Waals surface area contributed by atoms with Crippen molar-refractivity contribution in [3.05, 3.63) is 22.4 Å². The molecule has 2 nitrogen and oxygen atoms in total. The van der Waals surface area contributed by atoms with Crippen molar-refractivity contribution >= 4 is 11.3 Å². The Kier molecular flexibility index (Phi) is 5.15. The predicted molar refractivity (Wildman–Crippen MR) is 61.8 cm³/mol. The van der Waals surface area contributed by atoms with E-state index in [-0.39, 0.29) is 6.10 Å². The van der Waals surface area contributed by atoms with Crippen molar-refractivity contribution in [3.63, 3.8) is 0 Å². The van der Waals surface area contributed by atoms with Crippen LogP contribution in [-0.2, 0) is 6.42 Å². The molecular weight excluding hydrogens is 194 g/mol. The summed E-state index contributed by atoms with van der Waals surface area (Å²) in [6.45, 7) is 4.94. The van der Waals surface area contributed by atoms with Gasteiger partial charge in [0.2, 0.25) is 0 Å². The van der Waals surface area contributed by atoms with E-state index in [1.165, 1.54) is 4.88 Å². The van der Waals surface area contributed by atoms with Crippen molar-refractivity contribution in [2.45, 2.75) is 38.8 Å². The van der Waals surface area contributed by atoms with E-state index in [1.54, 1.807) is 11.3 Å². The summed E-state index contributed by atoms with van der Waals surface area (Å²) in [7, 11) is 0. The third kappa shape index (κ3) is 4.74. The topological polar surface area (TPSA) is 32.3 Å². The fraction of sp³-hybridized carbons (Fsp3) is 0.636. The Morgan fingerprint density at radius 2 is 2.29 bits per heavy atom. The number of aliphatic hydroxyl groups excluding tert-OH is 1. The normalized spacial score (nSPS) is 15.4. The predicted octanol–water partition coefficient (Wildman–Crippen LogP) is 2.04. The van der Waals surface area contributed by atoms with E-state index in [1.807, 2.05) is 6.92 Å². The molecule has 0 spiro atoms. The zero-order valence-corrected chi connectivity index (χ0v) is 9.68. The van der Waals surface area contributed by atoms with Gasteiger partial charge in [0.15, 0.2) is 0 Å². The second kappa shape index (κ2) is 6.17. The van der Waals surface area contributed by atoms with Gasteiger partial charge >= 0.3 is 0 Å². The lowest BCUT2D eigenvalue weighted by Crippen LogP contribution is -2.30. The largest absolute Gasteiger partial charge is 0.393 e. The maximum absolute atomic E-state index is 9.17. The third-order valence-electron chi connectivity index (χ3n) is 2.14. The lowest BCUT2D eigenvalue weighted by atomic mass is 10.1. The third-order valence-corrected chi connectivity index (χ3v) is 3.08. The molecule has 1 aromatic heterocycles. The van der Waals surface area contributed by atoms with Gasteiger partial charge in [-0.25, -0.2) is 0 Å². The molecule has 2 unspecified atom stereocenters. The second-order valence-electron chi connectivity index (χ2n) is 3.77. The Labute approximate surface area is 90.0 Å². The Balaban J connectivity index is 2.09. The van der Waals surface area contributed by atoms with Crippen LogP contribution in [0.4, 0.5) is 0 Å². The summed E-state index contributed by atoms with van der Waals surface area (Å²) in [5.74, 6) is 0. The second-order valence-corrected chi connectivity index (χ2v) is 4.80.